The van der Waals surface area contributed by atoms with E-state index in [-0.39, 0.29) is 45.7 Å². The number of carbonyl (C=O) groups excluding carboxylic acids is 1. The molecule has 0 aromatic carbocycles. The monoisotopic (exact) mass is 456 g/mol. The maximum Gasteiger partial charge on any atom is 0.160 e. The lowest BCUT2D eigenvalue weighted by molar-refractivity contribution is -0.229. The van der Waals surface area contributed by atoms with E-state index in [4.69, 9.17) is 0 Å². The molecule has 2 N–H and O–H groups in total. The number of Topliss-reactive ketones (excluding diaryl/α,β-unsaturated/α-hetero) is 1. The van der Waals surface area contributed by atoms with E-state index in [0.29, 0.717) is 30.0 Å². The van der Waals surface area contributed by atoms with Crippen LogP contribution in [0.5, 0.6) is 0 Å². The summed E-state index contributed by atoms with van der Waals surface area (Å²) in [7, 11) is 0. The first-order valence-corrected chi connectivity index (χ1v) is 13.9. The van der Waals surface area contributed by atoms with Gasteiger partial charge in [-0.2, -0.15) is 0 Å². The number of rotatable bonds is 2. The summed E-state index contributed by atoms with van der Waals surface area (Å²) in [5.74, 6) is 2.21. The van der Waals surface area contributed by atoms with Gasteiger partial charge in [-0.1, -0.05) is 54.0 Å². The number of allylic oxidation sites excluding steroid dienone is 1. The number of carbonyl (C=O) groups is 1. The highest BCUT2D eigenvalue weighted by molar-refractivity contribution is 6.00. The van der Waals surface area contributed by atoms with Crippen molar-refractivity contribution in [2.75, 3.05) is 6.61 Å². The number of ketones is 1. The molecule has 0 saturated heterocycles. The predicted octanol–water partition coefficient (Wildman–Crippen LogP) is 6.32. The molecule has 0 bridgehead atoms. The van der Waals surface area contributed by atoms with Crippen molar-refractivity contribution in [2.45, 2.75) is 112 Å². The van der Waals surface area contributed by atoms with Gasteiger partial charge in [0.05, 0.1) is 12.7 Å². The molecule has 3 nitrogen and oxygen atoms in total. The first-order valence-electron chi connectivity index (χ1n) is 13.9. The molecule has 5 aliphatic rings. The minimum Gasteiger partial charge on any atom is -0.395 e. The van der Waals surface area contributed by atoms with Gasteiger partial charge in [-0.25, -0.2) is 0 Å². The zero-order valence-electron chi connectivity index (χ0n) is 22.3. The molecule has 33 heavy (non-hydrogen) atoms. The summed E-state index contributed by atoms with van der Waals surface area (Å²) in [6, 6.07) is 0. The van der Waals surface area contributed by atoms with Crippen LogP contribution in [0.1, 0.15) is 106 Å². The van der Waals surface area contributed by atoms with E-state index in [1.165, 1.54) is 24.8 Å². The van der Waals surface area contributed by atoms with E-state index in [1.807, 2.05) is 0 Å². The summed E-state index contributed by atoms with van der Waals surface area (Å²) >= 11 is 0. The van der Waals surface area contributed by atoms with Crippen molar-refractivity contribution >= 4 is 5.78 Å². The van der Waals surface area contributed by atoms with Crippen LogP contribution in [0.3, 0.4) is 0 Å². The smallest absolute Gasteiger partial charge is 0.160 e. The van der Waals surface area contributed by atoms with Crippen LogP contribution < -0.4 is 0 Å². The van der Waals surface area contributed by atoms with Crippen LogP contribution in [0.2, 0.25) is 0 Å². The van der Waals surface area contributed by atoms with Crippen LogP contribution in [0.25, 0.3) is 0 Å². The molecule has 5 rings (SSSR count). The van der Waals surface area contributed by atoms with Crippen molar-refractivity contribution in [3.8, 4) is 0 Å². The normalized spacial score (nSPS) is 51.2. The number of fused-ring (bicyclic) bond motifs is 7. The third kappa shape index (κ3) is 2.79. The molecule has 8 atom stereocenters. The average molecular weight is 457 g/mol. The third-order valence-corrected chi connectivity index (χ3v) is 12.9. The van der Waals surface area contributed by atoms with E-state index in [9.17, 15) is 15.0 Å². The van der Waals surface area contributed by atoms with Gasteiger partial charge in [0, 0.05) is 11.8 Å². The van der Waals surface area contributed by atoms with Gasteiger partial charge in [-0.05, 0) is 102 Å². The molecule has 0 aromatic rings. The molecule has 3 unspecified atom stereocenters. The van der Waals surface area contributed by atoms with Gasteiger partial charge >= 0.3 is 0 Å². The lowest BCUT2D eigenvalue weighted by Gasteiger charge is -2.72. The molecule has 0 heterocycles. The van der Waals surface area contributed by atoms with Crippen molar-refractivity contribution in [1.82, 2.24) is 0 Å². The lowest BCUT2D eigenvalue weighted by Crippen LogP contribution is -2.65. The highest BCUT2D eigenvalue weighted by Crippen LogP contribution is 2.76. The van der Waals surface area contributed by atoms with Crippen molar-refractivity contribution in [3.05, 3.63) is 11.1 Å². The first kappa shape index (κ1) is 24.0. The summed E-state index contributed by atoms with van der Waals surface area (Å²) in [6.45, 7) is 16.8. The quantitative estimate of drug-likeness (QED) is 0.511. The Labute approximate surface area is 201 Å². The van der Waals surface area contributed by atoms with E-state index in [1.54, 1.807) is 0 Å². The summed E-state index contributed by atoms with van der Waals surface area (Å²) in [4.78, 5) is 13.2. The molecule has 0 aromatic heterocycles. The van der Waals surface area contributed by atoms with Gasteiger partial charge in [-0.3, -0.25) is 4.79 Å². The molecule has 186 valence electrons. The van der Waals surface area contributed by atoms with Crippen molar-refractivity contribution in [2.24, 2.45) is 50.7 Å². The van der Waals surface area contributed by atoms with E-state index in [2.05, 4.69) is 48.5 Å². The van der Waals surface area contributed by atoms with Crippen LogP contribution in [0, 0.1) is 50.7 Å². The summed E-state index contributed by atoms with van der Waals surface area (Å²) in [5.41, 5.74) is 2.83. The first-order chi connectivity index (χ1) is 15.3. The fourth-order valence-electron chi connectivity index (χ4n) is 10.9. The van der Waals surface area contributed by atoms with E-state index in [0.717, 1.165) is 37.7 Å². The number of hydrogen-bond donors (Lipinski definition) is 2. The minimum absolute atomic E-state index is 0.0180. The second-order valence-corrected chi connectivity index (χ2v) is 14.5. The van der Waals surface area contributed by atoms with Crippen molar-refractivity contribution in [3.63, 3.8) is 0 Å². The van der Waals surface area contributed by atoms with E-state index >= 15 is 0 Å². The average Bonchev–Trinajstić information content (AvgIpc) is 3.04. The van der Waals surface area contributed by atoms with Crippen LogP contribution in [0.4, 0.5) is 0 Å². The van der Waals surface area contributed by atoms with Crippen LogP contribution >= 0.6 is 0 Å². The topological polar surface area (TPSA) is 57.5 Å². The number of aliphatic hydroxyl groups excluding tert-OH is 2. The van der Waals surface area contributed by atoms with Gasteiger partial charge in [0.25, 0.3) is 0 Å². The number of aliphatic hydroxyl groups is 2. The number of hydrogen-bond acceptors (Lipinski definition) is 3. The Morgan fingerprint density at radius 2 is 1.58 bits per heavy atom. The Kier molecular flexibility index (Phi) is 5.24. The van der Waals surface area contributed by atoms with Gasteiger partial charge in [0.1, 0.15) is 0 Å². The Balaban J connectivity index is 1.60. The molecule has 0 spiro atoms. The molecule has 0 aliphatic heterocycles. The summed E-state index contributed by atoms with van der Waals surface area (Å²) in [6.07, 6.45) is 9.31. The molecule has 4 saturated carbocycles. The Morgan fingerprint density at radius 3 is 2.21 bits per heavy atom. The molecule has 0 radical (unpaired) electrons. The molecule has 3 heteroatoms. The zero-order chi connectivity index (χ0) is 24.2. The molecule has 5 aliphatic carbocycles. The lowest BCUT2D eigenvalue weighted by atomic mass is 9.33. The van der Waals surface area contributed by atoms with Crippen molar-refractivity contribution in [1.29, 1.82) is 0 Å². The molecular weight excluding hydrogens is 408 g/mol. The molecular formula is C30H48O3. The van der Waals surface area contributed by atoms with Crippen LogP contribution in [0.15, 0.2) is 11.1 Å². The summed E-state index contributed by atoms with van der Waals surface area (Å²) < 4.78 is 0. The highest BCUT2D eigenvalue weighted by Gasteiger charge is 2.69. The maximum atomic E-state index is 13.2. The Bertz CT molecular complexity index is 885. The highest BCUT2D eigenvalue weighted by atomic mass is 16.3. The zero-order valence-corrected chi connectivity index (χ0v) is 22.3. The van der Waals surface area contributed by atoms with E-state index < -0.39 is 0 Å². The largest absolute Gasteiger partial charge is 0.395 e. The Hall–Kier alpha value is -0.670. The van der Waals surface area contributed by atoms with Gasteiger partial charge in [-0.15, -0.1) is 0 Å². The third-order valence-electron chi connectivity index (χ3n) is 12.9. The Morgan fingerprint density at radius 1 is 0.879 bits per heavy atom. The maximum absolute atomic E-state index is 13.2. The minimum atomic E-state index is -0.290. The second kappa shape index (κ2) is 7.19. The van der Waals surface area contributed by atoms with Crippen molar-refractivity contribution < 1.29 is 15.0 Å². The van der Waals surface area contributed by atoms with Gasteiger partial charge < -0.3 is 10.2 Å². The predicted molar refractivity (Wildman–Crippen MR) is 133 cm³/mol. The molecule has 0 amide bonds. The molecule has 4 fully saturated rings. The fraction of sp³-hybridized carbons (Fsp3) is 0.900. The van der Waals surface area contributed by atoms with Crippen LogP contribution in [-0.2, 0) is 4.79 Å². The van der Waals surface area contributed by atoms with Crippen LogP contribution in [-0.4, -0.2) is 28.7 Å². The van der Waals surface area contributed by atoms with Gasteiger partial charge in [0.2, 0.25) is 0 Å². The summed E-state index contributed by atoms with van der Waals surface area (Å²) in [5, 5.41) is 21.5. The second-order valence-electron chi connectivity index (χ2n) is 14.5. The van der Waals surface area contributed by atoms with Gasteiger partial charge in [0.15, 0.2) is 5.78 Å². The fourth-order valence-corrected chi connectivity index (χ4v) is 10.9. The SMILES string of the molecule is CC(C)C1=C2C3CCC4[C@@]5(C)CC[C@H](O)C(C)(C)C5CC[C@@]4(C)[C@]3(C)CC[C@@]2(CO)CC1=O. The standard InChI is InChI=1S/C30H48O3/c1-18(2)24-20(32)16-30(17-31)15-14-28(6)19(25(24)30)8-9-22-27(5)12-11-23(33)26(3,4)21(27)10-13-29(22,28)7/h18-19,21-23,31,33H,8-17H2,1-7H3/t19?,21?,22?,23-,27-,28+,29+,30-/m0/s1.